The average molecular weight is 262 g/mol. The van der Waals surface area contributed by atoms with Crippen LogP contribution in [0.25, 0.3) is 0 Å². The number of rotatable bonds is 6. The van der Waals surface area contributed by atoms with Gasteiger partial charge >= 0.3 is 6.18 Å². The third-order valence-electron chi connectivity index (χ3n) is 2.16. The number of ether oxygens (including phenoxy) is 2. The van der Waals surface area contributed by atoms with Gasteiger partial charge in [0.15, 0.2) is 6.29 Å². The predicted molar refractivity (Wildman–Crippen MR) is 58.8 cm³/mol. The number of alkyl halides is 3. The van der Waals surface area contributed by atoms with E-state index < -0.39 is 17.3 Å². The van der Waals surface area contributed by atoms with E-state index in [2.05, 4.69) is 0 Å². The maximum Gasteiger partial charge on any atom is 0.417 e. The van der Waals surface area contributed by atoms with Gasteiger partial charge in [-0.1, -0.05) is 0 Å². The zero-order chi connectivity index (χ0) is 13.6. The standard InChI is InChI=1S/C12H13F3O3/c1-2-17-5-6-18-10-4-3-9(8-16)11(7-10)12(13,14)15/h3-4,7-8H,2,5-6H2,1H3. The Balaban J connectivity index is 2.80. The Hall–Kier alpha value is -1.56. The normalized spacial score (nSPS) is 11.3. The molecule has 0 radical (unpaired) electrons. The fourth-order valence-electron chi connectivity index (χ4n) is 1.34. The van der Waals surface area contributed by atoms with Crippen molar-refractivity contribution in [2.24, 2.45) is 0 Å². The Morgan fingerprint density at radius 3 is 2.56 bits per heavy atom. The van der Waals surface area contributed by atoms with Crippen molar-refractivity contribution in [3.63, 3.8) is 0 Å². The van der Waals surface area contributed by atoms with E-state index >= 15 is 0 Å². The summed E-state index contributed by atoms with van der Waals surface area (Å²) in [5, 5.41) is 0. The highest BCUT2D eigenvalue weighted by atomic mass is 19.4. The van der Waals surface area contributed by atoms with Gasteiger partial charge in [0.25, 0.3) is 0 Å². The minimum Gasteiger partial charge on any atom is -0.491 e. The number of aldehydes is 1. The summed E-state index contributed by atoms with van der Waals surface area (Å²) in [6.07, 6.45) is -4.40. The summed E-state index contributed by atoms with van der Waals surface area (Å²) in [5.74, 6) is 0.0626. The van der Waals surface area contributed by atoms with Crippen molar-refractivity contribution in [3.05, 3.63) is 29.3 Å². The molecule has 0 heterocycles. The van der Waals surface area contributed by atoms with Crippen molar-refractivity contribution in [2.75, 3.05) is 19.8 Å². The minimum absolute atomic E-state index is 0.0626. The smallest absolute Gasteiger partial charge is 0.417 e. The van der Waals surface area contributed by atoms with Crippen LogP contribution in [0.15, 0.2) is 18.2 Å². The van der Waals surface area contributed by atoms with Crippen molar-refractivity contribution in [3.8, 4) is 5.75 Å². The van der Waals surface area contributed by atoms with E-state index in [1.54, 1.807) is 6.92 Å². The van der Waals surface area contributed by atoms with Gasteiger partial charge in [-0.3, -0.25) is 4.79 Å². The molecule has 0 aliphatic rings. The summed E-state index contributed by atoms with van der Waals surface area (Å²) in [6.45, 7) is 2.78. The zero-order valence-electron chi connectivity index (χ0n) is 9.79. The molecule has 0 spiro atoms. The first-order valence-corrected chi connectivity index (χ1v) is 5.36. The van der Waals surface area contributed by atoms with Gasteiger partial charge in [0.2, 0.25) is 0 Å². The van der Waals surface area contributed by atoms with Crippen LogP contribution in [0.3, 0.4) is 0 Å². The summed E-state index contributed by atoms with van der Waals surface area (Å²) in [4.78, 5) is 10.5. The monoisotopic (exact) mass is 262 g/mol. The fourth-order valence-corrected chi connectivity index (χ4v) is 1.34. The van der Waals surface area contributed by atoms with E-state index in [0.717, 1.165) is 12.1 Å². The molecule has 0 aromatic heterocycles. The van der Waals surface area contributed by atoms with Gasteiger partial charge in [-0.2, -0.15) is 13.2 Å². The average Bonchev–Trinajstić information content (AvgIpc) is 2.33. The van der Waals surface area contributed by atoms with E-state index in [4.69, 9.17) is 9.47 Å². The molecule has 1 rings (SSSR count). The fraction of sp³-hybridized carbons (Fsp3) is 0.417. The minimum atomic E-state index is -4.57. The second-order valence-corrected chi connectivity index (χ2v) is 3.41. The SMILES string of the molecule is CCOCCOc1ccc(C=O)c(C(F)(F)F)c1. The van der Waals surface area contributed by atoms with Gasteiger partial charge in [0, 0.05) is 12.2 Å². The topological polar surface area (TPSA) is 35.5 Å². The summed E-state index contributed by atoms with van der Waals surface area (Å²) >= 11 is 0. The molecule has 0 bridgehead atoms. The predicted octanol–water partition coefficient (Wildman–Crippen LogP) is 2.93. The molecule has 0 saturated heterocycles. The van der Waals surface area contributed by atoms with Gasteiger partial charge in [0.05, 0.1) is 12.2 Å². The van der Waals surface area contributed by atoms with Crippen molar-refractivity contribution in [1.29, 1.82) is 0 Å². The molecule has 0 fully saturated rings. The quantitative estimate of drug-likeness (QED) is 0.584. The Kier molecular flexibility index (Phi) is 5.15. The van der Waals surface area contributed by atoms with Crippen LogP contribution >= 0.6 is 0 Å². The molecule has 0 atom stereocenters. The van der Waals surface area contributed by atoms with Gasteiger partial charge in [-0.25, -0.2) is 0 Å². The molecule has 1 aromatic rings. The van der Waals surface area contributed by atoms with Crippen LogP contribution in [0.5, 0.6) is 5.75 Å². The second kappa shape index (κ2) is 6.39. The molecule has 0 N–H and O–H groups in total. The van der Waals surface area contributed by atoms with Crippen LogP contribution in [0.4, 0.5) is 13.2 Å². The number of benzene rings is 1. The maximum absolute atomic E-state index is 12.6. The van der Waals surface area contributed by atoms with E-state index in [1.165, 1.54) is 6.07 Å². The number of carbonyl (C=O) groups is 1. The molecule has 3 nitrogen and oxygen atoms in total. The van der Waals surface area contributed by atoms with E-state index in [1.807, 2.05) is 0 Å². The molecular weight excluding hydrogens is 249 g/mol. The largest absolute Gasteiger partial charge is 0.491 e. The second-order valence-electron chi connectivity index (χ2n) is 3.41. The van der Waals surface area contributed by atoms with Crippen LogP contribution in [0.1, 0.15) is 22.8 Å². The van der Waals surface area contributed by atoms with Crippen molar-refractivity contribution in [2.45, 2.75) is 13.1 Å². The number of hydrogen-bond acceptors (Lipinski definition) is 3. The summed E-state index contributed by atoms with van der Waals surface area (Å²) < 4.78 is 48.0. The third kappa shape index (κ3) is 4.03. The lowest BCUT2D eigenvalue weighted by Gasteiger charge is -2.12. The highest BCUT2D eigenvalue weighted by Crippen LogP contribution is 2.33. The van der Waals surface area contributed by atoms with Crippen molar-refractivity contribution >= 4 is 6.29 Å². The lowest BCUT2D eigenvalue weighted by molar-refractivity contribution is -0.137. The van der Waals surface area contributed by atoms with Gasteiger partial charge in [-0.05, 0) is 25.1 Å². The zero-order valence-corrected chi connectivity index (χ0v) is 9.79. The maximum atomic E-state index is 12.6. The Bertz CT molecular complexity index is 402. The molecule has 0 aliphatic heterocycles. The summed E-state index contributed by atoms with van der Waals surface area (Å²) in [5.41, 5.74) is -1.40. The number of hydrogen-bond donors (Lipinski definition) is 0. The lowest BCUT2D eigenvalue weighted by Crippen LogP contribution is -2.11. The first kappa shape index (κ1) is 14.5. The van der Waals surface area contributed by atoms with Crippen LogP contribution in [0, 0.1) is 0 Å². The highest BCUT2D eigenvalue weighted by molar-refractivity contribution is 5.78. The molecular formula is C12H13F3O3. The third-order valence-corrected chi connectivity index (χ3v) is 2.16. The van der Waals surface area contributed by atoms with Crippen molar-refractivity contribution < 1.29 is 27.4 Å². The first-order chi connectivity index (χ1) is 8.49. The highest BCUT2D eigenvalue weighted by Gasteiger charge is 2.33. The molecule has 6 heteroatoms. The van der Waals surface area contributed by atoms with E-state index in [9.17, 15) is 18.0 Å². The lowest BCUT2D eigenvalue weighted by atomic mass is 10.1. The van der Waals surface area contributed by atoms with Gasteiger partial charge < -0.3 is 9.47 Å². The van der Waals surface area contributed by atoms with Crippen LogP contribution in [-0.4, -0.2) is 26.1 Å². The Morgan fingerprint density at radius 2 is 2.00 bits per heavy atom. The summed E-state index contributed by atoms with van der Waals surface area (Å²) in [7, 11) is 0. The number of halogens is 3. The van der Waals surface area contributed by atoms with Crippen LogP contribution in [-0.2, 0) is 10.9 Å². The number of carbonyl (C=O) groups excluding carboxylic acids is 1. The van der Waals surface area contributed by atoms with Crippen LogP contribution in [0.2, 0.25) is 0 Å². The van der Waals surface area contributed by atoms with Crippen LogP contribution < -0.4 is 4.74 Å². The molecule has 0 saturated carbocycles. The Morgan fingerprint density at radius 1 is 1.28 bits per heavy atom. The van der Waals surface area contributed by atoms with Crippen molar-refractivity contribution in [1.82, 2.24) is 0 Å². The molecule has 0 aliphatic carbocycles. The van der Waals surface area contributed by atoms with E-state index in [-0.39, 0.29) is 18.6 Å². The summed E-state index contributed by atoms with van der Waals surface area (Å²) in [6, 6.07) is 3.23. The Labute approximate surface area is 103 Å². The molecule has 18 heavy (non-hydrogen) atoms. The molecule has 0 amide bonds. The van der Waals surface area contributed by atoms with Gasteiger partial charge in [0.1, 0.15) is 12.4 Å². The molecule has 0 unspecified atom stereocenters. The first-order valence-electron chi connectivity index (χ1n) is 5.36. The van der Waals surface area contributed by atoms with E-state index in [0.29, 0.717) is 13.2 Å². The molecule has 100 valence electrons. The molecule has 1 aromatic carbocycles. The van der Waals surface area contributed by atoms with Gasteiger partial charge in [-0.15, -0.1) is 0 Å².